The van der Waals surface area contributed by atoms with Gasteiger partial charge in [0.1, 0.15) is 0 Å². The average molecular weight is 1050 g/mol. The molecule has 3 heterocycles. The van der Waals surface area contributed by atoms with E-state index in [0.29, 0.717) is 0 Å². The molecule has 0 amide bonds. The van der Waals surface area contributed by atoms with Crippen LogP contribution in [0.2, 0.25) is 0 Å². The highest BCUT2D eigenvalue weighted by Crippen LogP contribution is 2.33. The molecule has 3 aromatic heterocycles. The maximum Gasteiger partial charge on any atom is 0.0974 e. The summed E-state index contributed by atoms with van der Waals surface area (Å²) < 4.78 is 0. The Labute approximate surface area is 479 Å². The van der Waals surface area contributed by atoms with Crippen LogP contribution in [0.25, 0.3) is 89.1 Å². The smallest absolute Gasteiger partial charge is 0.0974 e. The Kier molecular flexibility index (Phi) is 19.6. The van der Waals surface area contributed by atoms with Gasteiger partial charge in [-0.25, -0.2) is 0 Å². The fraction of sp³-hybridized carbons (Fsp3) is 0.0641. The minimum absolute atomic E-state index is 0.947. The molecule has 0 saturated heterocycles. The lowest BCUT2D eigenvalue weighted by Crippen LogP contribution is -1.93. The quantitative estimate of drug-likeness (QED) is 0.160. The van der Waals surface area contributed by atoms with E-state index in [-0.39, 0.29) is 0 Å². The van der Waals surface area contributed by atoms with Crippen molar-refractivity contribution in [3.8, 4) is 78.0 Å². The SMILES string of the molecule is Cc1cc(-c2ccccc2)c2nccc(-c3ccccc3)c2n1.Cc1cc(-c2ccccc2)cc(-c2ccccc2)n1.Cc1ccc(-c2ccccc2)cc1.Cc1cccc(-c2ccccc2)c1.Cc1ccccc1-c1ccccc1. The van der Waals surface area contributed by atoms with Gasteiger partial charge < -0.3 is 0 Å². The molecular formula is C78H67N3. The van der Waals surface area contributed by atoms with Crippen LogP contribution < -0.4 is 0 Å². The molecule has 0 bridgehead atoms. The highest BCUT2D eigenvalue weighted by molar-refractivity contribution is 5.99. The first-order chi connectivity index (χ1) is 39.8. The van der Waals surface area contributed by atoms with Gasteiger partial charge in [-0.15, -0.1) is 0 Å². The number of nitrogens with zero attached hydrogens (tertiary/aromatic N) is 3. The van der Waals surface area contributed by atoms with Gasteiger partial charge in [0.2, 0.25) is 0 Å². The van der Waals surface area contributed by atoms with Gasteiger partial charge in [0.25, 0.3) is 0 Å². The van der Waals surface area contributed by atoms with Crippen molar-refractivity contribution in [3.05, 3.63) is 344 Å². The molecular weight excluding hydrogens is 979 g/mol. The van der Waals surface area contributed by atoms with Crippen LogP contribution in [-0.4, -0.2) is 15.0 Å². The summed E-state index contributed by atoms with van der Waals surface area (Å²) in [6.45, 7) is 10.4. The summed E-state index contributed by atoms with van der Waals surface area (Å²) >= 11 is 0. The Morgan fingerprint density at radius 1 is 0.222 bits per heavy atom. The van der Waals surface area contributed by atoms with E-state index in [1.807, 2.05) is 80.7 Å². The number of hydrogen-bond donors (Lipinski definition) is 0. The van der Waals surface area contributed by atoms with E-state index in [1.54, 1.807) is 0 Å². The molecule has 81 heavy (non-hydrogen) atoms. The van der Waals surface area contributed by atoms with Crippen LogP contribution >= 0.6 is 0 Å². The third-order valence-electron chi connectivity index (χ3n) is 13.6. The van der Waals surface area contributed by atoms with Crippen LogP contribution in [0.5, 0.6) is 0 Å². The van der Waals surface area contributed by atoms with Crippen molar-refractivity contribution >= 4 is 11.0 Å². The van der Waals surface area contributed by atoms with Crippen molar-refractivity contribution in [2.45, 2.75) is 34.6 Å². The summed E-state index contributed by atoms with van der Waals surface area (Å²) in [6.07, 6.45) is 1.87. The summed E-state index contributed by atoms with van der Waals surface area (Å²) in [7, 11) is 0. The van der Waals surface area contributed by atoms with E-state index >= 15 is 0 Å². The van der Waals surface area contributed by atoms with Crippen LogP contribution in [0, 0.1) is 34.6 Å². The minimum atomic E-state index is 0.947. The predicted molar refractivity (Wildman–Crippen MR) is 345 cm³/mol. The molecule has 0 aliphatic heterocycles. The molecule has 0 fully saturated rings. The van der Waals surface area contributed by atoms with E-state index in [1.165, 1.54) is 66.8 Å². The van der Waals surface area contributed by atoms with Crippen molar-refractivity contribution in [1.29, 1.82) is 0 Å². The lowest BCUT2D eigenvalue weighted by molar-refractivity contribution is 1.21. The first-order valence-electron chi connectivity index (χ1n) is 27.6. The zero-order chi connectivity index (χ0) is 56.0. The Hall–Kier alpha value is -10.1. The van der Waals surface area contributed by atoms with Crippen molar-refractivity contribution < 1.29 is 0 Å². The second-order valence-corrected chi connectivity index (χ2v) is 19.9. The van der Waals surface area contributed by atoms with Crippen molar-refractivity contribution in [1.82, 2.24) is 15.0 Å². The van der Waals surface area contributed by atoms with E-state index in [4.69, 9.17) is 4.98 Å². The fourth-order valence-electron chi connectivity index (χ4n) is 9.51. The van der Waals surface area contributed by atoms with Crippen LogP contribution in [0.3, 0.4) is 0 Å². The van der Waals surface area contributed by atoms with Gasteiger partial charge in [-0.05, 0) is 120 Å². The molecule has 0 aliphatic rings. The molecule has 0 saturated carbocycles. The second-order valence-electron chi connectivity index (χ2n) is 19.9. The topological polar surface area (TPSA) is 38.7 Å². The van der Waals surface area contributed by atoms with Gasteiger partial charge in [0, 0.05) is 34.3 Å². The number of aryl methyl sites for hydroxylation is 5. The highest BCUT2D eigenvalue weighted by Gasteiger charge is 2.12. The zero-order valence-corrected chi connectivity index (χ0v) is 46.9. The van der Waals surface area contributed by atoms with Crippen LogP contribution in [0.15, 0.2) is 316 Å². The third kappa shape index (κ3) is 15.8. The number of fused-ring (bicyclic) bond motifs is 1. The normalized spacial score (nSPS) is 10.3. The van der Waals surface area contributed by atoms with E-state index in [2.05, 4.69) is 279 Å². The molecule has 13 rings (SSSR count). The Bertz CT molecular complexity index is 3920. The van der Waals surface area contributed by atoms with E-state index in [0.717, 1.165) is 50.4 Å². The first-order valence-corrected chi connectivity index (χ1v) is 27.6. The van der Waals surface area contributed by atoms with Crippen molar-refractivity contribution in [3.63, 3.8) is 0 Å². The molecule has 0 aliphatic carbocycles. The molecule has 0 radical (unpaired) electrons. The molecule has 0 spiro atoms. The highest BCUT2D eigenvalue weighted by atomic mass is 14.8. The molecule has 0 N–H and O–H groups in total. The lowest BCUT2D eigenvalue weighted by Gasteiger charge is -2.11. The number of benzene rings is 10. The molecule has 0 unspecified atom stereocenters. The third-order valence-corrected chi connectivity index (χ3v) is 13.6. The Morgan fingerprint density at radius 3 is 1.15 bits per heavy atom. The maximum atomic E-state index is 4.78. The van der Waals surface area contributed by atoms with Gasteiger partial charge in [-0.2, -0.15) is 0 Å². The predicted octanol–water partition coefficient (Wildman–Crippen LogP) is 21.0. The van der Waals surface area contributed by atoms with Crippen LogP contribution in [0.4, 0.5) is 0 Å². The fourth-order valence-corrected chi connectivity index (χ4v) is 9.51. The summed E-state index contributed by atoms with van der Waals surface area (Å²) in [5.41, 5.74) is 24.8. The standard InChI is InChI=1S/C21H16N2.C18H15N.3C13H12/c1-15-14-19(17-10-6-3-7-11-17)20-21(23-15)18(12-13-22-20)16-8-4-2-5-9-16;1-14-12-17(15-8-4-2-5-9-15)13-18(19-14)16-10-6-3-7-11-16;1-11-7-5-6-10-13(11)12-8-3-2-4-9-12;1-11-6-5-9-13(10-11)12-7-3-2-4-8-12;1-11-7-9-13(10-8-11)12-5-3-2-4-6-12/h2-14H,1H3;2-13H,1H3;3*2-10H,1H3. The number of rotatable bonds is 7. The monoisotopic (exact) mass is 1050 g/mol. The zero-order valence-electron chi connectivity index (χ0n) is 46.9. The summed E-state index contributed by atoms with van der Waals surface area (Å²) in [5, 5.41) is 0. The Morgan fingerprint density at radius 2 is 0.630 bits per heavy atom. The van der Waals surface area contributed by atoms with Gasteiger partial charge in [-0.1, -0.05) is 296 Å². The van der Waals surface area contributed by atoms with Gasteiger partial charge in [0.15, 0.2) is 0 Å². The second kappa shape index (κ2) is 28.5. The lowest BCUT2D eigenvalue weighted by atomic mass is 9.99. The molecule has 394 valence electrons. The summed E-state index contributed by atoms with van der Waals surface area (Å²) in [4.78, 5) is 14.0. The number of aromatic nitrogens is 3. The first kappa shape index (κ1) is 55.7. The van der Waals surface area contributed by atoms with Gasteiger partial charge in [-0.3, -0.25) is 15.0 Å². The van der Waals surface area contributed by atoms with Crippen LogP contribution in [-0.2, 0) is 0 Å². The molecule has 13 aromatic rings. The van der Waals surface area contributed by atoms with Crippen molar-refractivity contribution in [2.24, 2.45) is 0 Å². The molecule has 3 heteroatoms. The molecule has 10 aromatic carbocycles. The molecule has 3 nitrogen and oxygen atoms in total. The minimum Gasteiger partial charge on any atom is -0.254 e. The van der Waals surface area contributed by atoms with E-state index in [9.17, 15) is 0 Å². The maximum absolute atomic E-state index is 4.78. The van der Waals surface area contributed by atoms with Crippen LogP contribution in [0.1, 0.15) is 28.1 Å². The number of hydrogen-bond acceptors (Lipinski definition) is 3. The van der Waals surface area contributed by atoms with E-state index < -0.39 is 0 Å². The van der Waals surface area contributed by atoms with Gasteiger partial charge >= 0.3 is 0 Å². The average Bonchev–Trinajstić information content (AvgIpc) is 3.60. The summed E-state index contributed by atoms with van der Waals surface area (Å²) in [5.74, 6) is 0. The largest absolute Gasteiger partial charge is 0.254 e. The molecule has 0 atom stereocenters. The summed E-state index contributed by atoms with van der Waals surface area (Å²) in [6, 6.07) is 107. The van der Waals surface area contributed by atoms with Gasteiger partial charge in [0.05, 0.1) is 16.7 Å². The van der Waals surface area contributed by atoms with Crippen molar-refractivity contribution in [2.75, 3.05) is 0 Å². The number of pyridine rings is 3. The Balaban J connectivity index is 0.000000125.